The molecule has 0 aliphatic heterocycles. The Morgan fingerprint density at radius 2 is 1.35 bits per heavy atom. The fourth-order valence-corrected chi connectivity index (χ4v) is 4.59. The molecule has 0 aliphatic carbocycles. The number of hydrogen-bond donors (Lipinski definition) is 2. The van der Waals surface area contributed by atoms with Gasteiger partial charge < -0.3 is 10.3 Å². The van der Waals surface area contributed by atoms with Gasteiger partial charge in [-0.25, -0.2) is 4.98 Å². The van der Waals surface area contributed by atoms with E-state index in [9.17, 15) is 0 Å². The Hall–Kier alpha value is -2.04. The first-order valence-corrected chi connectivity index (χ1v) is 12.9. The molecule has 0 saturated carbocycles. The van der Waals surface area contributed by atoms with Crippen molar-refractivity contribution in [3.8, 4) is 22.5 Å². The molecule has 1 aromatic heterocycles. The van der Waals surface area contributed by atoms with E-state index in [1.54, 1.807) is 0 Å². The Morgan fingerprint density at radius 1 is 0.742 bits per heavy atom. The summed E-state index contributed by atoms with van der Waals surface area (Å²) in [5.41, 5.74) is 4.49. The number of benzene rings is 2. The van der Waals surface area contributed by atoms with Gasteiger partial charge in [-0.15, -0.1) is 0 Å². The lowest BCUT2D eigenvalue weighted by atomic mass is 10.1. The van der Waals surface area contributed by atoms with Gasteiger partial charge in [0.05, 0.1) is 11.4 Å². The number of unbranched alkanes of at least 4 members (excludes halogenated alkanes) is 6. The maximum absolute atomic E-state index is 4.94. The number of hydrogen-bond acceptors (Lipinski definition) is 3. The van der Waals surface area contributed by atoms with Crippen molar-refractivity contribution in [3.63, 3.8) is 0 Å². The summed E-state index contributed by atoms with van der Waals surface area (Å²) in [6.45, 7) is 4.59. The molecule has 0 atom stereocenters. The number of nitrogens with one attached hydrogen (secondary N) is 2. The summed E-state index contributed by atoms with van der Waals surface area (Å²) in [6, 6.07) is 21.0. The van der Waals surface area contributed by atoms with E-state index in [1.807, 2.05) is 11.8 Å². The summed E-state index contributed by atoms with van der Waals surface area (Å²) in [5, 5.41) is 4.61. The van der Waals surface area contributed by atoms with Crippen molar-refractivity contribution in [2.24, 2.45) is 0 Å². The van der Waals surface area contributed by atoms with Crippen LogP contribution in [0.5, 0.6) is 0 Å². The lowest BCUT2D eigenvalue weighted by molar-refractivity contribution is 0.565. The van der Waals surface area contributed by atoms with E-state index in [1.165, 1.54) is 63.5 Å². The first-order valence-electron chi connectivity index (χ1n) is 11.9. The molecule has 3 aromatic rings. The molecule has 0 fully saturated rings. The fourth-order valence-electron chi connectivity index (χ4n) is 3.71. The molecule has 0 aliphatic rings. The molecule has 0 bridgehead atoms. The van der Waals surface area contributed by atoms with Gasteiger partial charge in [-0.05, 0) is 32.4 Å². The van der Waals surface area contributed by atoms with Gasteiger partial charge in [0.2, 0.25) is 0 Å². The van der Waals surface area contributed by atoms with Gasteiger partial charge in [-0.3, -0.25) is 0 Å². The molecule has 1 heterocycles. The van der Waals surface area contributed by atoms with Gasteiger partial charge in [0, 0.05) is 16.9 Å². The standard InChI is InChI=1S/C27H37N3S/c1-2-3-4-5-13-20-28-21-14-8-15-22-31-27-29-25(23-16-9-6-10-17-23)26(30-27)24-18-11-7-12-19-24/h6-7,9-12,16-19,28H,2-5,8,13-15,20-22H2,1H3,(H,29,30). The quantitative estimate of drug-likeness (QED) is 0.191. The predicted molar refractivity (Wildman–Crippen MR) is 136 cm³/mol. The third kappa shape index (κ3) is 8.19. The Balaban J connectivity index is 1.41. The SMILES string of the molecule is CCCCCCCNCCCCCSc1nc(-c2ccccc2)c(-c2ccccc2)[nH]1. The number of H-pyrrole nitrogens is 1. The number of aromatic amines is 1. The van der Waals surface area contributed by atoms with Crippen LogP contribution in [0, 0.1) is 0 Å². The third-order valence-electron chi connectivity index (χ3n) is 5.49. The highest BCUT2D eigenvalue weighted by Crippen LogP contribution is 2.32. The molecule has 2 N–H and O–H groups in total. The van der Waals surface area contributed by atoms with Crippen molar-refractivity contribution in [1.29, 1.82) is 0 Å². The van der Waals surface area contributed by atoms with Crippen LogP contribution >= 0.6 is 11.8 Å². The van der Waals surface area contributed by atoms with Crippen molar-refractivity contribution in [3.05, 3.63) is 60.7 Å². The average Bonchev–Trinajstić information content (AvgIpc) is 3.25. The van der Waals surface area contributed by atoms with Crippen LogP contribution < -0.4 is 5.32 Å². The average molecular weight is 436 g/mol. The van der Waals surface area contributed by atoms with Gasteiger partial charge in [0.25, 0.3) is 0 Å². The second kappa shape index (κ2) is 14.1. The molecule has 3 nitrogen and oxygen atoms in total. The zero-order valence-corrected chi connectivity index (χ0v) is 19.7. The van der Waals surface area contributed by atoms with Gasteiger partial charge in [-0.2, -0.15) is 0 Å². The first-order chi connectivity index (χ1) is 15.4. The normalized spacial score (nSPS) is 11.1. The third-order valence-corrected chi connectivity index (χ3v) is 6.45. The number of imidazole rings is 1. The van der Waals surface area contributed by atoms with Crippen molar-refractivity contribution in [1.82, 2.24) is 15.3 Å². The van der Waals surface area contributed by atoms with E-state index in [2.05, 4.69) is 77.9 Å². The van der Waals surface area contributed by atoms with Crippen molar-refractivity contribution in [2.45, 2.75) is 63.4 Å². The van der Waals surface area contributed by atoms with Crippen LogP contribution in [0.4, 0.5) is 0 Å². The Morgan fingerprint density at radius 3 is 2.03 bits per heavy atom. The monoisotopic (exact) mass is 435 g/mol. The van der Waals surface area contributed by atoms with Gasteiger partial charge >= 0.3 is 0 Å². The van der Waals surface area contributed by atoms with Crippen LogP contribution in [-0.2, 0) is 0 Å². The molecule has 2 aromatic carbocycles. The number of rotatable bonds is 15. The zero-order chi connectivity index (χ0) is 21.6. The fraction of sp³-hybridized carbons (Fsp3) is 0.444. The largest absolute Gasteiger partial charge is 0.332 e. The summed E-state index contributed by atoms with van der Waals surface area (Å²) in [5.74, 6) is 1.10. The molecule has 4 heteroatoms. The van der Waals surface area contributed by atoms with E-state index in [0.717, 1.165) is 34.4 Å². The molecule has 0 spiro atoms. The van der Waals surface area contributed by atoms with Crippen LogP contribution in [0.15, 0.2) is 65.8 Å². The van der Waals surface area contributed by atoms with Crippen LogP contribution in [0.3, 0.4) is 0 Å². The highest BCUT2D eigenvalue weighted by atomic mass is 32.2. The first kappa shape index (κ1) is 23.6. The highest BCUT2D eigenvalue weighted by molar-refractivity contribution is 7.99. The van der Waals surface area contributed by atoms with Crippen LogP contribution in [0.2, 0.25) is 0 Å². The lowest BCUT2D eigenvalue weighted by Gasteiger charge is -2.04. The minimum Gasteiger partial charge on any atom is -0.332 e. The maximum Gasteiger partial charge on any atom is 0.166 e. The molecule has 0 radical (unpaired) electrons. The zero-order valence-electron chi connectivity index (χ0n) is 18.9. The lowest BCUT2D eigenvalue weighted by Crippen LogP contribution is -2.16. The van der Waals surface area contributed by atoms with E-state index in [4.69, 9.17) is 4.98 Å². The van der Waals surface area contributed by atoms with Crippen molar-refractivity contribution in [2.75, 3.05) is 18.8 Å². The minimum absolute atomic E-state index is 1.02. The summed E-state index contributed by atoms with van der Waals surface area (Å²) < 4.78 is 0. The smallest absolute Gasteiger partial charge is 0.166 e. The molecule has 0 amide bonds. The Kier molecular flexibility index (Phi) is 10.7. The summed E-state index contributed by atoms with van der Waals surface area (Å²) >= 11 is 1.84. The van der Waals surface area contributed by atoms with Crippen LogP contribution in [0.1, 0.15) is 58.3 Å². The molecule has 3 rings (SSSR count). The topological polar surface area (TPSA) is 40.7 Å². The summed E-state index contributed by atoms with van der Waals surface area (Å²) in [6.07, 6.45) is 10.5. The molecular weight excluding hydrogens is 398 g/mol. The summed E-state index contributed by atoms with van der Waals surface area (Å²) in [4.78, 5) is 8.52. The van der Waals surface area contributed by atoms with Crippen LogP contribution in [0.25, 0.3) is 22.5 Å². The molecule has 166 valence electrons. The van der Waals surface area contributed by atoms with Crippen molar-refractivity contribution >= 4 is 11.8 Å². The van der Waals surface area contributed by atoms with Gasteiger partial charge in [-0.1, -0.05) is 111 Å². The molecular formula is C27H37N3S. The van der Waals surface area contributed by atoms with E-state index in [-0.39, 0.29) is 0 Å². The maximum atomic E-state index is 4.94. The van der Waals surface area contributed by atoms with E-state index >= 15 is 0 Å². The second-order valence-corrected chi connectivity index (χ2v) is 9.15. The number of thioether (sulfide) groups is 1. The van der Waals surface area contributed by atoms with E-state index < -0.39 is 0 Å². The van der Waals surface area contributed by atoms with Crippen molar-refractivity contribution < 1.29 is 0 Å². The van der Waals surface area contributed by atoms with Crippen LogP contribution in [-0.4, -0.2) is 28.8 Å². The molecule has 31 heavy (non-hydrogen) atoms. The molecule has 0 saturated heterocycles. The summed E-state index contributed by atoms with van der Waals surface area (Å²) in [7, 11) is 0. The number of aromatic nitrogens is 2. The van der Waals surface area contributed by atoms with Gasteiger partial charge in [0.1, 0.15) is 0 Å². The Bertz CT molecular complexity index is 788. The Labute approximate surface area is 192 Å². The van der Waals surface area contributed by atoms with E-state index in [0.29, 0.717) is 0 Å². The predicted octanol–water partition coefficient (Wildman–Crippen LogP) is 7.57. The van der Waals surface area contributed by atoms with Gasteiger partial charge in [0.15, 0.2) is 5.16 Å². The second-order valence-electron chi connectivity index (χ2n) is 8.07. The molecule has 0 unspecified atom stereocenters. The minimum atomic E-state index is 1.02. The highest BCUT2D eigenvalue weighted by Gasteiger charge is 2.14. The number of nitrogens with zero attached hydrogens (tertiary/aromatic N) is 1.